The van der Waals surface area contributed by atoms with Crippen molar-refractivity contribution >= 4 is 22.4 Å². The Hall–Kier alpha value is -4.06. The Balaban J connectivity index is 1.42. The van der Waals surface area contributed by atoms with Gasteiger partial charge in [0, 0.05) is 34.8 Å². The lowest BCUT2D eigenvalue weighted by Gasteiger charge is -2.26. The van der Waals surface area contributed by atoms with Crippen LogP contribution in [0.1, 0.15) is 43.1 Å². The zero-order valence-electron chi connectivity index (χ0n) is 20.5. The van der Waals surface area contributed by atoms with Gasteiger partial charge >= 0.3 is 5.97 Å². The van der Waals surface area contributed by atoms with Crippen LogP contribution < -0.4 is 0 Å². The molecule has 3 heterocycles. The molecule has 0 unspecified atom stereocenters. The molecule has 6 heteroatoms. The molecule has 0 N–H and O–H groups in total. The number of nitrogens with zero attached hydrogens (tertiary/aromatic N) is 4. The van der Waals surface area contributed by atoms with Gasteiger partial charge in [-0.3, -0.25) is 14.2 Å². The molecule has 36 heavy (non-hydrogen) atoms. The third kappa shape index (κ3) is 3.92. The van der Waals surface area contributed by atoms with Crippen molar-refractivity contribution in [2.24, 2.45) is 5.92 Å². The second-order valence-electron chi connectivity index (χ2n) is 9.59. The molecule has 2 aromatic carbocycles. The first-order valence-electron chi connectivity index (χ1n) is 12.5. The Morgan fingerprint density at radius 1 is 0.944 bits per heavy atom. The summed E-state index contributed by atoms with van der Waals surface area (Å²) in [6.45, 7) is 2.03. The number of benzene rings is 2. The number of hydrogen-bond donors (Lipinski definition) is 0. The van der Waals surface area contributed by atoms with Crippen LogP contribution in [0.5, 0.6) is 0 Å². The van der Waals surface area contributed by atoms with E-state index in [-0.39, 0.29) is 17.8 Å². The number of esters is 1. The second-order valence-corrected chi connectivity index (χ2v) is 9.59. The highest BCUT2D eigenvalue weighted by Crippen LogP contribution is 2.39. The average molecular weight is 477 g/mol. The molecule has 0 aliphatic heterocycles. The van der Waals surface area contributed by atoms with Gasteiger partial charge in [-0.25, -0.2) is 9.97 Å². The third-order valence-corrected chi connectivity index (χ3v) is 7.43. The summed E-state index contributed by atoms with van der Waals surface area (Å²) < 4.78 is 7.17. The van der Waals surface area contributed by atoms with Crippen molar-refractivity contribution in [1.82, 2.24) is 19.4 Å². The molecule has 0 spiro atoms. The Bertz CT molecular complexity index is 1570. The van der Waals surface area contributed by atoms with Crippen LogP contribution >= 0.6 is 0 Å². The van der Waals surface area contributed by atoms with E-state index in [0.717, 1.165) is 76.1 Å². The van der Waals surface area contributed by atoms with Crippen LogP contribution in [0.4, 0.5) is 0 Å². The predicted octanol–water partition coefficient (Wildman–Crippen LogP) is 6.37. The summed E-state index contributed by atoms with van der Waals surface area (Å²) in [5.41, 5.74) is 6.93. The number of imidazole rings is 1. The van der Waals surface area contributed by atoms with Crippen molar-refractivity contribution in [3.8, 4) is 22.5 Å². The molecular formula is C30H28N4O2. The van der Waals surface area contributed by atoms with Gasteiger partial charge in [-0.05, 0) is 44.7 Å². The fourth-order valence-electron chi connectivity index (χ4n) is 5.50. The minimum absolute atomic E-state index is 0.00859. The first-order chi connectivity index (χ1) is 17.6. The molecule has 1 aliphatic carbocycles. The highest BCUT2D eigenvalue weighted by molar-refractivity contribution is 5.89. The molecule has 6 nitrogen and oxygen atoms in total. The number of aromatic nitrogens is 4. The quantitative estimate of drug-likeness (QED) is 0.282. The van der Waals surface area contributed by atoms with Gasteiger partial charge in [0.15, 0.2) is 0 Å². The Kier molecular flexibility index (Phi) is 5.72. The summed E-state index contributed by atoms with van der Waals surface area (Å²) in [5.74, 6) is 1.23. The Morgan fingerprint density at radius 2 is 1.72 bits per heavy atom. The molecule has 1 fully saturated rings. The summed E-state index contributed by atoms with van der Waals surface area (Å²) in [6, 6.07) is 20.8. The smallest absolute Gasteiger partial charge is 0.308 e. The molecule has 0 radical (unpaired) electrons. The van der Waals surface area contributed by atoms with E-state index in [1.165, 1.54) is 7.11 Å². The number of ether oxygens (including phenoxy) is 1. The first-order valence-corrected chi connectivity index (χ1v) is 12.5. The molecule has 6 rings (SSSR count). The van der Waals surface area contributed by atoms with E-state index in [1.807, 2.05) is 37.5 Å². The van der Waals surface area contributed by atoms with E-state index in [2.05, 4.69) is 51.8 Å². The fourth-order valence-corrected chi connectivity index (χ4v) is 5.50. The maximum absolute atomic E-state index is 12.0. The summed E-state index contributed by atoms with van der Waals surface area (Å²) in [5, 5.41) is 1.10. The summed E-state index contributed by atoms with van der Waals surface area (Å²) in [7, 11) is 1.47. The summed E-state index contributed by atoms with van der Waals surface area (Å²) in [4.78, 5) is 26.8. The maximum Gasteiger partial charge on any atom is 0.308 e. The zero-order valence-corrected chi connectivity index (χ0v) is 20.5. The SMILES string of the molecule is COC(=O)C1CCC(c2nc(-c3ccc4ccc(-c5ccccc5)nc4c3)c3c(C)nccn23)CC1. The zero-order chi connectivity index (χ0) is 24.6. The van der Waals surface area contributed by atoms with Crippen LogP contribution in [0.15, 0.2) is 73.1 Å². The van der Waals surface area contributed by atoms with Gasteiger partial charge in [0.1, 0.15) is 5.82 Å². The molecular weight excluding hydrogens is 448 g/mol. The highest BCUT2D eigenvalue weighted by Gasteiger charge is 2.30. The van der Waals surface area contributed by atoms with Crippen LogP contribution in [0.3, 0.4) is 0 Å². The van der Waals surface area contributed by atoms with Gasteiger partial charge in [0.05, 0.1) is 41.1 Å². The van der Waals surface area contributed by atoms with Crippen LogP contribution in [-0.2, 0) is 9.53 Å². The summed E-state index contributed by atoms with van der Waals surface area (Å²) >= 11 is 0. The fraction of sp³-hybridized carbons (Fsp3) is 0.267. The topological polar surface area (TPSA) is 69.4 Å². The van der Waals surface area contributed by atoms with E-state index in [1.54, 1.807) is 0 Å². The minimum Gasteiger partial charge on any atom is -0.469 e. The largest absolute Gasteiger partial charge is 0.469 e. The van der Waals surface area contributed by atoms with E-state index in [4.69, 9.17) is 14.7 Å². The number of rotatable bonds is 4. The van der Waals surface area contributed by atoms with Gasteiger partial charge < -0.3 is 4.74 Å². The lowest BCUT2D eigenvalue weighted by molar-refractivity contribution is -0.146. The first kappa shape index (κ1) is 22.4. The average Bonchev–Trinajstić information content (AvgIpc) is 3.33. The minimum atomic E-state index is -0.0966. The van der Waals surface area contributed by atoms with E-state index in [0.29, 0.717) is 0 Å². The van der Waals surface area contributed by atoms with Crippen molar-refractivity contribution in [2.45, 2.75) is 38.5 Å². The van der Waals surface area contributed by atoms with Gasteiger partial charge in [0.2, 0.25) is 0 Å². The van der Waals surface area contributed by atoms with E-state index in [9.17, 15) is 4.79 Å². The van der Waals surface area contributed by atoms with Crippen molar-refractivity contribution in [1.29, 1.82) is 0 Å². The van der Waals surface area contributed by atoms with Gasteiger partial charge in [-0.15, -0.1) is 0 Å². The molecule has 1 aliphatic rings. The third-order valence-electron chi connectivity index (χ3n) is 7.43. The van der Waals surface area contributed by atoms with E-state index < -0.39 is 0 Å². The van der Waals surface area contributed by atoms with Gasteiger partial charge in [0.25, 0.3) is 0 Å². The van der Waals surface area contributed by atoms with Crippen molar-refractivity contribution in [2.75, 3.05) is 7.11 Å². The predicted molar refractivity (Wildman–Crippen MR) is 141 cm³/mol. The molecule has 0 atom stereocenters. The van der Waals surface area contributed by atoms with Crippen molar-refractivity contribution < 1.29 is 9.53 Å². The number of carbonyl (C=O) groups is 1. The number of methoxy groups -OCH3 is 1. The Morgan fingerprint density at radius 3 is 2.50 bits per heavy atom. The molecule has 0 amide bonds. The van der Waals surface area contributed by atoms with Gasteiger partial charge in [-0.1, -0.05) is 48.5 Å². The molecule has 3 aromatic heterocycles. The van der Waals surface area contributed by atoms with Crippen LogP contribution in [0, 0.1) is 12.8 Å². The standard InChI is InChI=1S/C30H28N4O2/c1-19-28-27(24-13-8-21-14-15-25(32-26(21)18-24)20-6-4-3-5-7-20)33-29(34(28)17-16-31-19)22-9-11-23(12-10-22)30(35)36-2/h3-8,13-18,22-23H,9-12H2,1-2H3. The molecule has 1 saturated carbocycles. The number of aryl methyl sites for hydroxylation is 1. The lowest BCUT2D eigenvalue weighted by atomic mass is 9.81. The maximum atomic E-state index is 12.0. The molecule has 180 valence electrons. The van der Waals surface area contributed by atoms with Crippen LogP contribution in [-0.4, -0.2) is 32.4 Å². The van der Waals surface area contributed by atoms with Crippen LogP contribution in [0.25, 0.3) is 38.9 Å². The Labute approximate surface area is 210 Å². The monoisotopic (exact) mass is 476 g/mol. The number of fused-ring (bicyclic) bond motifs is 2. The van der Waals surface area contributed by atoms with Crippen molar-refractivity contribution in [3.05, 3.63) is 84.6 Å². The highest BCUT2D eigenvalue weighted by atomic mass is 16.5. The van der Waals surface area contributed by atoms with Crippen molar-refractivity contribution in [3.63, 3.8) is 0 Å². The number of hydrogen-bond acceptors (Lipinski definition) is 5. The number of carbonyl (C=O) groups excluding carboxylic acids is 1. The molecule has 0 bridgehead atoms. The number of pyridine rings is 1. The normalized spacial score (nSPS) is 17.9. The van der Waals surface area contributed by atoms with Crippen LogP contribution in [0.2, 0.25) is 0 Å². The molecule has 0 saturated heterocycles. The second kappa shape index (κ2) is 9.19. The lowest BCUT2D eigenvalue weighted by Crippen LogP contribution is -2.23. The van der Waals surface area contributed by atoms with E-state index >= 15 is 0 Å². The summed E-state index contributed by atoms with van der Waals surface area (Å²) in [6.07, 6.45) is 7.33. The molecule has 5 aromatic rings. The van der Waals surface area contributed by atoms with Gasteiger partial charge in [-0.2, -0.15) is 0 Å².